The summed E-state index contributed by atoms with van der Waals surface area (Å²) in [5.74, 6) is 0.417. The highest BCUT2D eigenvalue weighted by atomic mass is 32.2. The van der Waals surface area contributed by atoms with Crippen LogP contribution in [0, 0.1) is 6.92 Å². The monoisotopic (exact) mass is 609 g/mol. The molecular weight excluding hydrogens is 575 g/mol. The van der Waals surface area contributed by atoms with Gasteiger partial charge in [0.1, 0.15) is 11.4 Å². The highest BCUT2D eigenvalue weighted by molar-refractivity contribution is 8.04. The number of hydrogen-bond donors (Lipinski definition) is 0. The molecule has 6 rings (SSSR count). The molecule has 0 spiro atoms. The Labute approximate surface area is 261 Å². The van der Waals surface area contributed by atoms with Crippen molar-refractivity contribution in [2.24, 2.45) is 0 Å². The predicted octanol–water partition coefficient (Wildman–Crippen LogP) is 6.20. The van der Waals surface area contributed by atoms with Gasteiger partial charge in [-0.1, -0.05) is 42.1 Å². The average Bonchev–Trinajstić information content (AvgIpc) is 3.42. The largest absolute Gasteiger partial charge is 0.365 e. The summed E-state index contributed by atoms with van der Waals surface area (Å²) < 4.78 is 3.17. The Bertz CT molecular complexity index is 1730. The van der Waals surface area contributed by atoms with Crippen molar-refractivity contribution in [2.45, 2.75) is 23.4 Å². The molecule has 3 heterocycles. The molecule has 3 aromatic carbocycles. The third kappa shape index (κ3) is 5.85. The first kappa shape index (κ1) is 29.2. The van der Waals surface area contributed by atoms with Crippen LogP contribution in [0.5, 0.6) is 0 Å². The van der Waals surface area contributed by atoms with Gasteiger partial charge in [-0.25, -0.2) is 4.90 Å². The summed E-state index contributed by atoms with van der Waals surface area (Å²) in [6.45, 7) is 3.23. The highest BCUT2D eigenvalue weighted by Crippen LogP contribution is 2.47. The fraction of sp³-hybridized carbons (Fsp3) is 0.235. The maximum Gasteiger partial charge on any atom is 0.365 e. The lowest BCUT2D eigenvalue weighted by molar-refractivity contribution is -0.870. The number of aromatic nitrogens is 2. The normalized spacial score (nSPS) is 15.4. The lowest BCUT2D eigenvalue weighted by Gasteiger charge is -2.23. The number of fused-ring (bicyclic) bond motifs is 2. The van der Waals surface area contributed by atoms with Gasteiger partial charge < -0.3 is 9.38 Å². The van der Waals surface area contributed by atoms with Crippen molar-refractivity contribution >= 4 is 52.8 Å². The van der Waals surface area contributed by atoms with Crippen LogP contribution >= 0.6 is 23.5 Å². The van der Waals surface area contributed by atoms with Gasteiger partial charge in [0.15, 0.2) is 5.69 Å². The van der Waals surface area contributed by atoms with Crippen LogP contribution in [0.3, 0.4) is 0 Å². The third-order valence-corrected chi connectivity index (χ3v) is 9.69. The number of imide groups is 1. The predicted molar refractivity (Wildman–Crippen MR) is 175 cm³/mol. The van der Waals surface area contributed by atoms with E-state index in [2.05, 4.69) is 73.9 Å². The van der Waals surface area contributed by atoms with E-state index in [0.29, 0.717) is 16.8 Å². The van der Waals surface area contributed by atoms with Crippen molar-refractivity contribution in [3.8, 4) is 5.69 Å². The van der Waals surface area contributed by atoms with E-state index in [4.69, 9.17) is 4.98 Å². The summed E-state index contributed by atoms with van der Waals surface area (Å²) in [4.78, 5) is 35.7. The minimum Gasteiger partial charge on any atom is -0.338 e. The fourth-order valence-electron chi connectivity index (χ4n) is 5.36. The number of anilines is 2. The van der Waals surface area contributed by atoms with Crippen molar-refractivity contribution in [3.05, 3.63) is 106 Å². The average molecular weight is 610 g/mol. The molecule has 2 aliphatic rings. The zero-order valence-corrected chi connectivity index (χ0v) is 26.7. The van der Waals surface area contributed by atoms with E-state index in [1.807, 2.05) is 31.3 Å². The van der Waals surface area contributed by atoms with Crippen LogP contribution in [-0.4, -0.2) is 61.8 Å². The number of amides is 2. The number of quaternary nitrogens is 1. The Balaban J connectivity index is 1.29. The van der Waals surface area contributed by atoms with Crippen molar-refractivity contribution in [1.82, 2.24) is 4.98 Å². The molecule has 7 nitrogen and oxygen atoms in total. The van der Waals surface area contributed by atoms with Crippen LogP contribution in [0.4, 0.5) is 11.4 Å². The van der Waals surface area contributed by atoms with E-state index < -0.39 is 0 Å². The van der Waals surface area contributed by atoms with Crippen LogP contribution in [0.15, 0.2) is 93.9 Å². The number of carbonyl (C=O) groups is 2. The molecule has 0 saturated carbocycles. The number of thioether (sulfide) groups is 2. The smallest absolute Gasteiger partial charge is 0.338 e. The van der Waals surface area contributed by atoms with Crippen LogP contribution in [0.2, 0.25) is 0 Å². The SMILES string of the molecule is Cc1cc(/C=C2\Sc3cc(N4C(=O)c5ccccc5C4=O)ccc3N2C)nc(SCCC[N+](C)(C)C)[n+]1-c1ccccc1. The molecule has 0 fully saturated rings. The summed E-state index contributed by atoms with van der Waals surface area (Å²) in [6, 6.07) is 25.2. The second-order valence-corrected chi connectivity index (χ2v) is 13.9. The molecule has 218 valence electrons. The van der Waals surface area contributed by atoms with E-state index in [9.17, 15) is 9.59 Å². The van der Waals surface area contributed by atoms with Gasteiger partial charge in [0.25, 0.3) is 11.8 Å². The zero-order chi connectivity index (χ0) is 30.3. The van der Waals surface area contributed by atoms with Crippen LogP contribution < -0.4 is 14.4 Å². The van der Waals surface area contributed by atoms with E-state index in [0.717, 1.165) is 61.0 Å². The molecule has 4 aromatic rings. The topological polar surface area (TPSA) is 57.4 Å². The first-order valence-corrected chi connectivity index (χ1v) is 16.1. The van der Waals surface area contributed by atoms with Gasteiger partial charge in [-0.05, 0) is 66.1 Å². The van der Waals surface area contributed by atoms with Crippen molar-refractivity contribution in [1.29, 1.82) is 0 Å². The van der Waals surface area contributed by atoms with E-state index in [-0.39, 0.29) is 11.8 Å². The maximum absolute atomic E-state index is 13.1. The Morgan fingerprint density at radius 2 is 1.60 bits per heavy atom. The lowest BCUT2D eigenvalue weighted by Crippen LogP contribution is -2.38. The summed E-state index contributed by atoms with van der Waals surface area (Å²) >= 11 is 3.41. The van der Waals surface area contributed by atoms with E-state index >= 15 is 0 Å². The van der Waals surface area contributed by atoms with Crippen LogP contribution in [0.1, 0.15) is 38.5 Å². The van der Waals surface area contributed by atoms with Gasteiger partial charge in [0, 0.05) is 36.3 Å². The molecule has 9 heteroatoms. The van der Waals surface area contributed by atoms with Crippen molar-refractivity contribution < 1.29 is 18.6 Å². The second kappa shape index (κ2) is 11.6. The number of benzene rings is 3. The maximum atomic E-state index is 13.1. The van der Waals surface area contributed by atoms with Gasteiger partial charge in [-0.3, -0.25) is 9.59 Å². The van der Waals surface area contributed by atoms with Gasteiger partial charge in [-0.15, -0.1) is 0 Å². The Hall–Kier alpha value is -3.92. The molecule has 2 aliphatic heterocycles. The van der Waals surface area contributed by atoms with E-state index in [1.54, 1.807) is 47.8 Å². The fourth-order valence-corrected chi connectivity index (χ4v) is 7.50. The standard InChI is InChI=1S/C34H35N5O2S2/c1-23-20-24(35-34(42-19-11-18-39(3,4)5)37(23)25-12-7-6-8-13-25)21-31-36(2)29-17-16-26(22-30(29)43-31)38-32(40)27-14-9-10-15-28(27)33(38)41/h6-10,12-17,20-22H,11,18-19H2,1-5H3/q+2. The number of hydrogen-bond acceptors (Lipinski definition) is 6. The van der Waals surface area contributed by atoms with Crippen LogP contribution in [-0.2, 0) is 0 Å². The minimum absolute atomic E-state index is 0.283. The zero-order valence-electron chi connectivity index (χ0n) is 25.1. The molecule has 0 atom stereocenters. The molecule has 0 N–H and O–H groups in total. The van der Waals surface area contributed by atoms with Gasteiger partial charge in [0.2, 0.25) is 0 Å². The first-order chi connectivity index (χ1) is 20.6. The van der Waals surface area contributed by atoms with Crippen molar-refractivity contribution in [2.75, 3.05) is 50.3 Å². The third-order valence-electron chi connectivity index (χ3n) is 7.52. The van der Waals surface area contributed by atoms with E-state index in [1.165, 1.54) is 4.90 Å². The minimum atomic E-state index is -0.283. The molecule has 0 radical (unpaired) electrons. The summed E-state index contributed by atoms with van der Waals surface area (Å²) in [6.07, 6.45) is 3.21. The molecule has 0 bridgehead atoms. The molecule has 0 unspecified atom stereocenters. The Kier molecular flexibility index (Phi) is 7.89. The second-order valence-electron chi connectivity index (χ2n) is 11.8. The Morgan fingerprint density at radius 1 is 0.930 bits per heavy atom. The molecule has 1 aromatic heterocycles. The molecule has 43 heavy (non-hydrogen) atoms. The number of nitrogens with zero attached hydrogens (tertiary/aromatic N) is 5. The summed E-state index contributed by atoms with van der Waals surface area (Å²) in [5.41, 5.74) is 5.60. The highest BCUT2D eigenvalue weighted by Gasteiger charge is 2.37. The number of carbonyl (C=O) groups excluding carboxylic acids is 2. The summed E-state index contributed by atoms with van der Waals surface area (Å²) in [7, 11) is 8.70. The first-order valence-electron chi connectivity index (χ1n) is 14.3. The van der Waals surface area contributed by atoms with Gasteiger partial charge in [0.05, 0.1) is 55.2 Å². The lowest BCUT2D eigenvalue weighted by atomic mass is 10.1. The number of rotatable bonds is 8. The van der Waals surface area contributed by atoms with Gasteiger partial charge >= 0.3 is 5.16 Å². The molecule has 0 aliphatic carbocycles. The summed E-state index contributed by atoms with van der Waals surface area (Å²) in [5, 5.41) is 2.00. The molecule has 2 amide bonds. The molecular formula is C34H35N5O2S2+2. The quantitative estimate of drug-likeness (QED) is 0.0593. The Morgan fingerprint density at radius 3 is 2.28 bits per heavy atom. The number of aryl methyl sites for hydroxylation is 1. The molecule has 0 saturated heterocycles. The number of para-hydroxylation sites is 1. The van der Waals surface area contributed by atoms with Gasteiger partial charge in [-0.2, -0.15) is 4.57 Å². The van der Waals surface area contributed by atoms with Crippen molar-refractivity contribution in [3.63, 3.8) is 0 Å². The van der Waals surface area contributed by atoms with Crippen LogP contribution in [0.25, 0.3) is 11.8 Å².